The molecule has 82 valence electrons. The predicted octanol–water partition coefficient (Wildman–Crippen LogP) is 3.59. The molecule has 1 aromatic rings. The first-order valence-electron chi connectivity index (χ1n) is 5.29. The van der Waals surface area contributed by atoms with Crippen molar-refractivity contribution in [2.24, 2.45) is 11.7 Å². The van der Waals surface area contributed by atoms with E-state index in [1.54, 1.807) is 6.07 Å². The molecule has 0 aliphatic heterocycles. The Morgan fingerprint density at radius 3 is 2.80 bits per heavy atom. The molecule has 0 spiro atoms. The zero-order valence-corrected chi connectivity index (χ0v) is 9.52. The van der Waals surface area contributed by atoms with Crippen LogP contribution in [0.15, 0.2) is 12.1 Å². The number of halogens is 2. The maximum Gasteiger partial charge on any atom is 0.129 e. The maximum absolute atomic E-state index is 13.6. The summed E-state index contributed by atoms with van der Waals surface area (Å²) in [5.41, 5.74) is 7.36. The summed E-state index contributed by atoms with van der Waals surface area (Å²) in [7, 11) is 0. The van der Waals surface area contributed by atoms with Gasteiger partial charge in [-0.15, -0.1) is 0 Å². The van der Waals surface area contributed by atoms with Crippen molar-refractivity contribution in [2.75, 3.05) is 0 Å². The van der Waals surface area contributed by atoms with E-state index < -0.39 is 0 Å². The van der Waals surface area contributed by atoms with Gasteiger partial charge in [-0.2, -0.15) is 0 Å². The van der Waals surface area contributed by atoms with Crippen LogP contribution in [-0.4, -0.2) is 0 Å². The number of rotatable bonds is 3. The molecule has 1 saturated carbocycles. The summed E-state index contributed by atoms with van der Waals surface area (Å²) < 4.78 is 13.6. The second-order valence-electron chi connectivity index (χ2n) is 4.38. The summed E-state index contributed by atoms with van der Waals surface area (Å²) in [4.78, 5) is 0. The van der Waals surface area contributed by atoms with Crippen molar-refractivity contribution in [2.45, 2.75) is 32.2 Å². The van der Waals surface area contributed by atoms with E-state index in [2.05, 4.69) is 0 Å². The van der Waals surface area contributed by atoms with Gasteiger partial charge in [0, 0.05) is 11.6 Å². The standard InChI is InChI=1S/C12H15ClFN/c1-7-2-5-9(14)11(12(7)13)10(15)6-8-3-4-8/h2,5,8,10H,3-4,6,15H2,1H3/t10-/m1/s1. The molecule has 1 nitrogen and oxygen atoms in total. The molecule has 15 heavy (non-hydrogen) atoms. The van der Waals surface area contributed by atoms with Gasteiger partial charge in [0.1, 0.15) is 5.82 Å². The lowest BCUT2D eigenvalue weighted by Crippen LogP contribution is -2.14. The van der Waals surface area contributed by atoms with Crippen LogP contribution in [0.25, 0.3) is 0 Å². The van der Waals surface area contributed by atoms with E-state index in [1.165, 1.54) is 18.9 Å². The Kier molecular flexibility index (Phi) is 2.98. The molecule has 1 atom stereocenters. The maximum atomic E-state index is 13.6. The molecule has 2 N–H and O–H groups in total. The highest BCUT2D eigenvalue weighted by atomic mass is 35.5. The van der Waals surface area contributed by atoms with E-state index in [0.717, 1.165) is 12.0 Å². The van der Waals surface area contributed by atoms with Crippen molar-refractivity contribution >= 4 is 11.6 Å². The molecule has 1 fully saturated rings. The highest BCUT2D eigenvalue weighted by Gasteiger charge is 2.27. The minimum Gasteiger partial charge on any atom is -0.324 e. The van der Waals surface area contributed by atoms with Crippen LogP contribution in [0.2, 0.25) is 5.02 Å². The zero-order chi connectivity index (χ0) is 11.0. The summed E-state index contributed by atoms with van der Waals surface area (Å²) in [6, 6.07) is 2.87. The average Bonchev–Trinajstić information content (AvgIpc) is 2.96. The molecule has 3 heteroatoms. The van der Waals surface area contributed by atoms with Gasteiger partial charge in [0.05, 0.1) is 5.02 Å². The molecule has 0 unspecified atom stereocenters. The van der Waals surface area contributed by atoms with Gasteiger partial charge >= 0.3 is 0 Å². The van der Waals surface area contributed by atoms with E-state index in [9.17, 15) is 4.39 Å². The van der Waals surface area contributed by atoms with Crippen molar-refractivity contribution in [1.29, 1.82) is 0 Å². The van der Waals surface area contributed by atoms with Gasteiger partial charge in [-0.1, -0.05) is 30.5 Å². The first-order valence-corrected chi connectivity index (χ1v) is 5.67. The van der Waals surface area contributed by atoms with Crippen molar-refractivity contribution in [1.82, 2.24) is 0 Å². The van der Waals surface area contributed by atoms with Gasteiger partial charge in [-0.3, -0.25) is 0 Å². The first-order chi connectivity index (χ1) is 7.09. The van der Waals surface area contributed by atoms with Crippen molar-refractivity contribution in [3.8, 4) is 0 Å². The number of hydrogen-bond acceptors (Lipinski definition) is 1. The topological polar surface area (TPSA) is 26.0 Å². The molecule has 1 aromatic carbocycles. The van der Waals surface area contributed by atoms with Gasteiger partial charge in [-0.05, 0) is 30.9 Å². The molecule has 1 aliphatic rings. The quantitative estimate of drug-likeness (QED) is 0.839. The monoisotopic (exact) mass is 227 g/mol. The fourth-order valence-electron chi connectivity index (χ4n) is 1.85. The lowest BCUT2D eigenvalue weighted by molar-refractivity contribution is 0.542. The van der Waals surface area contributed by atoms with Gasteiger partial charge in [0.15, 0.2) is 0 Å². The Hall–Kier alpha value is -0.600. The minimum atomic E-state index is -0.279. The lowest BCUT2D eigenvalue weighted by atomic mass is 9.99. The molecule has 0 aromatic heterocycles. The normalized spacial score (nSPS) is 17.9. The SMILES string of the molecule is Cc1ccc(F)c([C@H](N)CC2CC2)c1Cl. The van der Waals surface area contributed by atoms with Gasteiger partial charge in [0.25, 0.3) is 0 Å². The summed E-state index contributed by atoms with van der Waals surface area (Å²) in [6.07, 6.45) is 3.29. The van der Waals surface area contributed by atoms with Crippen LogP contribution < -0.4 is 5.73 Å². The third-order valence-electron chi connectivity index (χ3n) is 2.97. The van der Waals surface area contributed by atoms with Crippen LogP contribution in [0.4, 0.5) is 4.39 Å². The van der Waals surface area contributed by atoms with Crippen molar-refractivity contribution < 1.29 is 4.39 Å². The third kappa shape index (κ3) is 2.32. The van der Waals surface area contributed by atoms with E-state index in [1.807, 2.05) is 6.92 Å². The van der Waals surface area contributed by atoms with Crippen LogP contribution in [0, 0.1) is 18.7 Å². The van der Waals surface area contributed by atoms with E-state index in [0.29, 0.717) is 16.5 Å². The summed E-state index contributed by atoms with van der Waals surface area (Å²) in [5.74, 6) is 0.398. The Bertz CT molecular complexity index is 374. The van der Waals surface area contributed by atoms with Crippen molar-refractivity contribution in [3.05, 3.63) is 34.1 Å². The molecule has 0 radical (unpaired) electrons. The smallest absolute Gasteiger partial charge is 0.129 e. The van der Waals surface area contributed by atoms with Crippen LogP contribution in [0.5, 0.6) is 0 Å². The molecule has 0 saturated heterocycles. The Morgan fingerprint density at radius 1 is 1.53 bits per heavy atom. The number of hydrogen-bond donors (Lipinski definition) is 1. The Labute approximate surface area is 94.4 Å². The predicted molar refractivity (Wildman–Crippen MR) is 60.4 cm³/mol. The van der Waals surface area contributed by atoms with Crippen LogP contribution in [0.1, 0.15) is 36.4 Å². The zero-order valence-electron chi connectivity index (χ0n) is 8.76. The van der Waals surface area contributed by atoms with E-state index in [-0.39, 0.29) is 11.9 Å². The molecule has 2 rings (SSSR count). The number of aryl methyl sites for hydroxylation is 1. The van der Waals surface area contributed by atoms with Gasteiger partial charge in [0.2, 0.25) is 0 Å². The van der Waals surface area contributed by atoms with E-state index in [4.69, 9.17) is 17.3 Å². The summed E-state index contributed by atoms with van der Waals surface area (Å²) in [5, 5.41) is 0.489. The average molecular weight is 228 g/mol. The Morgan fingerprint density at radius 2 is 2.20 bits per heavy atom. The molecular formula is C12H15ClFN. The lowest BCUT2D eigenvalue weighted by Gasteiger charge is -2.15. The third-order valence-corrected chi connectivity index (χ3v) is 3.48. The summed E-state index contributed by atoms with van der Waals surface area (Å²) in [6.45, 7) is 1.87. The fraction of sp³-hybridized carbons (Fsp3) is 0.500. The van der Waals surface area contributed by atoms with Crippen molar-refractivity contribution in [3.63, 3.8) is 0 Å². The van der Waals surface area contributed by atoms with Crippen LogP contribution in [0.3, 0.4) is 0 Å². The molecule has 0 amide bonds. The highest BCUT2D eigenvalue weighted by Crippen LogP contribution is 2.39. The second kappa shape index (κ2) is 4.11. The second-order valence-corrected chi connectivity index (χ2v) is 4.76. The Balaban J connectivity index is 2.27. The minimum absolute atomic E-state index is 0.259. The number of nitrogens with two attached hydrogens (primary N) is 1. The van der Waals surface area contributed by atoms with Crippen LogP contribution in [-0.2, 0) is 0 Å². The first kappa shape index (κ1) is 10.9. The highest BCUT2D eigenvalue weighted by molar-refractivity contribution is 6.32. The van der Waals surface area contributed by atoms with Gasteiger partial charge in [-0.25, -0.2) is 4.39 Å². The van der Waals surface area contributed by atoms with Gasteiger partial charge < -0.3 is 5.73 Å². The molecule has 1 aliphatic carbocycles. The van der Waals surface area contributed by atoms with Crippen LogP contribution >= 0.6 is 11.6 Å². The molecule has 0 bridgehead atoms. The fourth-order valence-corrected chi connectivity index (χ4v) is 2.14. The summed E-state index contributed by atoms with van der Waals surface area (Å²) >= 11 is 6.08. The molecular weight excluding hydrogens is 213 g/mol. The molecule has 0 heterocycles. The van der Waals surface area contributed by atoms with E-state index >= 15 is 0 Å². The largest absolute Gasteiger partial charge is 0.324 e. The number of benzene rings is 1.